The van der Waals surface area contributed by atoms with Crippen LogP contribution in [0, 0.1) is 11.8 Å². The van der Waals surface area contributed by atoms with Gasteiger partial charge in [-0.2, -0.15) is 5.10 Å². The second kappa shape index (κ2) is 6.32. The van der Waals surface area contributed by atoms with Crippen LogP contribution >= 0.6 is 0 Å². The summed E-state index contributed by atoms with van der Waals surface area (Å²) in [4.78, 5) is 4.36. The van der Waals surface area contributed by atoms with Crippen molar-refractivity contribution in [3.05, 3.63) is 12.2 Å². The summed E-state index contributed by atoms with van der Waals surface area (Å²) in [5.74, 6) is 2.49. The summed E-state index contributed by atoms with van der Waals surface area (Å²) in [5.41, 5.74) is 6.26. The van der Waals surface area contributed by atoms with E-state index in [0.717, 1.165) is 31.1 Å². The number of nitrogens with zero attached hydrogens (tertiary/aromatic N) is 3. The molecular weight excluding hydrogens is 224 g/mol. The maximum Gasteiger partial charge on any atom is 0.138 e. The molecule has 1 atom stereocenters. The predicted octanol–water partition coefficient (Wildman–Crippen LogP) is 2.38. The molecule has 0 aromatic carbocycles. The molecule has 18 heavy (non-hydrogen) atoms. The van der Waals surface area contributed by atoms with Gasteiger partial charge in [0.15, 0.2) is 0 Å². The van der Waals surface area contributed by atoms with Gasteiger partial charge in [0.25, 0.3) is 0 Å². The molecule has 1 aliphatic rings. The van der Waals surface area contributed by atoms with Crippen LogP contribution in [0.15, 0.2) is 6.33 Å². The third-order valence-electron chi connectivity index (χ3n) is 3.79. The summed E-state index contributed by atoms with van der Waals surface area (Å²) in [7, 11) is 0. The maximum absolute atomic E-state index is 6.26. The Morgan fingerprint density at radius 3 is 2.78 bits per heavy atom. The van der Waals surface area contributed by atoms with Gasteiger partial charge in [0.1, 0.15) is 12.2 Å². The number of hydrogen-bond acceptors (Lipinski definition) is 3. The van der Waals surface area contributed by atoms with Crippen LogP contribution in [0.25, 0.3) is 0 Å². The lowest BCUT2D eigenvalue weighted by molar-refractivity contribution is 0.417. The van der Waals surface area contributed by atoms with Gasteiger partial charge in [-0.25, -0.2) is 9.67 Å². The zero-order chi connectivity index (χ0) is 13.0. The lowest BCUT2D eigenvalue weighted by Gasteiger charge is -2.16. The SMILES string of the molecule is CC(C)Cn1ncnc1CC(N)CC1CCCC1. The summed E-state index contributed by atoms with van der Waals surface area (Å²) in [6.07, 6.45) is 9.18. The van der Waals surface area contributed by atoms with Gasteiger partial charge >= 0.3 is 0 Å². The van der Waals surface area contributed by atoms with Crippen molar-refractivity contribution >= 4 is 0 Å². The summed E-state index contributed by atoms with van der Waals surface area (Å²) in [6.45, 7) is 5.33. The van der Waals surface area contributed by atoms with E-state index in [1.54, 1.807) is 6.33 Å². The fraction of sp³-hybridized carbons (Fsp3) is 0.857. The average molecular weight is 250 g/mol. The first-order chi connectivity index (χ1) is 8.65. The maximum atomic E-state index is 6.26. The van der Waals surface area contributed by atoms with E-state index in [9.17, 15) is 0 Å². The molecule has 0 spiro atoms. The molecule has 0 aliphatic heterocycles. The number of aromatic nitrogens is 3. The molecule has 4 heteroatoms. The van der Waals surface area contributed by atoms with Crippen LogP contribution in [0.3, 0.4) is 0 Å². The average Bonchev–Trinajstić information content (AvgIpc) is 2.91. The van der Waals surface area contributed by atoms with E-state index in [-0.39, 0.29) is 6.04 Å². The molecule has 2 rings (SSSR count). The Morgan fingerprint density at radius 2 is 2.11 bits per heavy atom. The molecule has 0 bridgehead atoms. The predicted molar refractivity (Wildman–Crippen MR) is 73.1 cm³/mol. The van der Waals surface area contributed by atoms with Gasteiger partial charge in [0.05, 0.1) is 0 Å². The fourth-order valence-corrected chi connectivity index (χ4v) is 2.94. The van der Waals surface area contributed by atoms with Crippen molar-refractivity contribution in [1.82, 2.24) is 14.8 Å². The molecule has 1 aromatic rings. The van der Waals surface area contributed by atoms with Crippen LogP contribution in [0.2, 0.25) is 0 Å². The molecular formula is C14H26N4. The molecule has 4 nitrogen and oxygen atoms in total. The quantitative estimate of drug-likeness (QED) is 0.843. The van der Waals surface area contributed by atoms with Gasteiger partial charge in [-0.15, -0.1) is 0 Å². The first-order valence-electron chi connectivity index (χ1n) is 7.27. The molecule has 1 unspecified atom stereocenters. The van der Waals surface area contributed by atoms with Crippen LogP contribution in [0.4, 0.5) is 0 Å². The standard InChI is InChI=1S/C14H26N4/c1-11(2)9-18-14(16-10-17-18)8-13(15)7-12-5-3-4-6-12/h10-13H,3-9,15H2,1-2H3. The van der Waals surface area contributed by atoms with Crippen LogP contribution in [-0.4, -0.2) is 20.8 Å². The smallest absolute Gasteiger partial charge is 0.138 e. The highest BCUT2D eigenvalue weighted by molar-refractivity contribution is 4.90. The second-order valence-electron chi connectivity index (χ2n) is 6.10. The third kappa shape index (κ3) is 3.80. The topological polar surface area (TPSA) is 56.7 Å². The lowest BCUT2D eigenvalue weighted by atomic mass is 9.97. The lowest BCUT2D eigenvalue weighted by Crippen LogP contribution is -2.27. The summed E-state index contributed by atoms with van der Waals surface area (Å²) >= 11 is 0. The Kier molecular flexibility index (Phi) is 4.75. The highest BCUT2D eigenvalue weighted by Crippen LogP contribution is 2.28. The van der Waals surface area contributed by atoms with Crippen LogP contribution < -0.4 is 5.73 Å². The van der Waals surface area contributed by atoms with Gasteiger partial charge in [-0.3, -0.25) is 0 Å². The van der Waals surface area contributed by atoms with Gasteiger partial charge in [0, 0.05) is 19.0 Å². The van der Waals surface area contributed by atoms with Crippen molar-refractivity contribution in [2.45, 2.75) is 65.0 Å². The monoisotopic (exact) mass is 250 g/mol. The van der Waals surface area contributed by atoms with Crippen molar-refractivity contribution in [3.63, 3.8) is 0 Å². The van der Waals surface area contributed by atoms with Crippen LogP contribution in [0.5, 0.6) is 0 Å². The molecule has 0 amide bonds. The fourth-order valence-electron chi connectivity index (χ4n) is 2.94. The normalized spacial score (nSPS) is 18.7. The Bertz CT molecular complexity index is 352. The Labute approximate surface area is 110 Å². The number of rotatable bonds is 6. The molecule has 1 heterocycles. The minimum atomic E-state index is 0.239. The zero-order valence-corrected chi connectivity index (χ0v) is 11.7. The van der Waals surface area contributed by atoms with E-state index in [1.165, 1.54) is 25.7 Å². The van der Waals surface area contributed by atoms with E-state index in [2.05, 4.69) is 23.9 Å². The summed E-state index contributed by atoms with van der Waals surface area (Å²) in [5, 5.41) is 4.29. The van der Waals surface area contributed by atoms with Gasteiger partial charge in [-0.1, -0.05) is 39.5 Å². The van der Waals surface area contributed by atoms with E-state index in [4.69, 9.17) is 5.73 Å². The first-order valence-corrected chi connectivity index (χ1v) is 7.27. The second-order valence-corrected chi connectivity index (χ2v) is 6.10. The van der Waals surface area contributed by atoms with Crippen molar-refractivity contribution in [2.24, 2.45) is 17.6 Å². The first kappa shape index (κ1) is 13.5. The van der Waals surface area contributed by atoms with Gasteiger partial charge < -0.3 is 5.73 Å². The molecule has 0 saturated heterocycles. The molecule has 1 aliphatic carbocycles. The minimum absolute atomic E-state index is 0.239. The molecule has 0 radical (unpaired) electrons. The van der Waals surface area contributed by atoms with E-state index >= 15 is 0 Å². The molecule has 1 saturated carbocycles. The molecule has 1 fully saturated rings. The largest absolute Gasteiger partial charge is 0.327 e. The van der Waals surface area contributed by atoms with Crippen molar-refractivity contribution in [2.75, 3.05) is 0 Å². The van der Waals surface area contributed by atoms with Crippen LogP contribution in [0.1, 0.15) is 51.8 Å². The number of hydrogen-bond donors (Lipinski definition) is 1. The van der Waals surface area contributed by atoms with Gasteiger partial charge in [0.2, 0.25) is 0 Å². The molecule has 102 valence electrons. The highest BCUT2D eigenvalue weighted by Gasteiger charge is 2.19. The van der Waals surface area contributed by atoms with Crippen molar-refractivity contribution < 1.29 is 0 Å². The Morgan fingerprint density at radius 1 is 1.39 bits per heavy atom. The molecule has 2 N–H and O–H groups in total. The minimum Gasteiger partial charge on any atom is -0.327 e. The Balaban J connectivity index is 1.85. The molecule has 1 aromatic heterocycles. The van der Waals surface area contributed by atoms with E-state index in [0.29, 0.717) is 5.92 Å². The van der Waals surface area contributed by atoms with E-state index in [1.807, 2.05) is 4.68 Å². The zero-order valence-electron chi connectivity index (χ0n) is 11.7. The summed E-state index contributed by atoms with van der Waals surface area (Å²) < 4.78 is 2.01. The summed E-state index contributed by atoms with van der Waals surface area (Å²) in [6, 6.07) is 0.239. The van der Waals surface area contributed by atoms with Crippen molar-refractivity contribution in [3.8, 4) is 0 Å². The Hall–Kier alpha value is -0.900. The van der Waals surface area contributed by atoms with Gasteiger partial charge in [-0.05, 0) is 18.3 Å². The number of nitrogens with two attached hydrogens (primary N) is 1. The third-order valence-corrected chi connectivity index (χ3v) is 3.79. The van der Waals surface area contributed by atoms with E-state index < -0.39 is 0 Å². The van der Waals surface area contributed by atoms with Crippen molar-refractivity contribution in [1.29, 1.82) is 0 Å². The van der Waals surface area contributed by atoms with Crippen LogP contribution in [-0.2, 0) is 13.0 Å². The highest BCUT2D eigenvalue weighted by atomic mass is 15.3.